The van der Waals surface area contributed by atoms with E-state index < -0.39 is 5.91 Å². The van der Waals surface area contributed by atoms with Gasteiger partial charge in [0.2, 0.25) is 0 Å². The van der Waals surface area contributed by atoms with Gasteiger partial charge < -0.3 is 15.2 Å². The lowest BCUT2D eigenvalue weighted by molar-refractivity contribution is 0.0999. The minimum absolute atomic E-state index is 0.353. The van der Waals surface area contributed by atoms with E-state index in [2.05, 4.69) is 56.2 Å². The van der Waals surface area contributed by atoms with Crippen LogP contribution in [-0.4, -0.2) is 49.5 Å². The molecule has 0 atom stereocenters. The number of carbonyl (C=O) groups excluding carboxylic acids is 1. The number of piperidine rings is 1. The van der Waals surface area contributed by atoms with Crippen LogP contribution in [0.1, 0.15) is 54.3 Å². The number of benzene rings is 1. The molecule has 0 saturated carbocycles. The van der Waals surface area contributed by atoms with Gasteiger partial charge in [-0.1, -0.05) is 11.8 Å². The summed E-state index contributed by atoms with van der Waals surface area (Å²) in [5.41, 5.74) is 10.3. The van der Waals surface area contributed by atoms with Crippen LogP contribution < -0.4 is 5.73 Å². The molecule has 1 aliphatic heterocycles. The molecule has 0 radical (unpaired) electrons. The first-order valence-corrected chi connectivity index (χ1v) is 11.7. The van der Waals surface area contributed by atoms with E-state index in [9.17, 15) is 4.79 Å². The molecule has 1 saturated heterocycles. The van der Waals surface area contributed by atoms with Gasteiger partial charge in [0.1, 0.15) is 5.52 Å². The molecular weight excluding hydrogens is 424 g/mol. The fourth-order valence-corrected chi connectivity index (χ4v) is 4.78. The van der Waals surface area contributed by atoms with Crippen LogP contribution >= 0.6 is 0 Å². The van der Waals surface area contributed by atoms with E-state index >= 15 is 0 Å². The summed E-state index contributed by atoms with van der Waals surface area (Å²) in [6.07, 6.45) is 8.04. The molecule has 7 nitrogen and oxygen atoms in total. The Balaban J connectivity index is 1.47. The molecule has 4 heterocycles. The van der Waals surface area contributed by atoms with E-state index in [-0.39, 0.29) is 0 Å². The van der Waals surface area contributed by atoms with Gasteiger partial charge in [-0.15, -0.1) is 0 Å². The van der Waals surface area contributed by atoms with Crippen LogP contribution in [0.3, 0.4) is 0 Å². The van der Waals surface area contributed by atoms with Gasteiger partial charge in [-0.05, 0) is 57.0 Å². The van der Waals surface area contributed by atoms with Crippen LogP contribution in [0.15, 0.2) is 49.1 Å². The zero-order chi connectivity index (χ0) is 23.7. The van der Waals surface area contributed by atoms with Crippen molar-refractivity contribution in [3.05, 3.63) is 65.9 Å². The van der Waals surface area contributed by atoms with E-state index in [4.69, 9.17) is 5.73 Å². The number of nitrogens with two attached hydrogens (primary N) is 1. The Morgan fingerprint density at radius 1 is 1.15 bits per heavy atom. The van der Waals surface area contributed by atoms with Crippen LogP contribution in [0.5, 0.6) is 0 Å². The molecule has 1 aromatic carbocycles. The smallest absolute Gasteiger partial charge is 0.250 e. The van der Waals surface area contributed by atoms with E-state index in [1.807, 2.05) is 24.7 Å². The Morgan fingerprint density at radius 3 is 2.74 bits per heavy atom. The lowest BCUT2D eigenvalue weighted by Gasteiger charge is -2.35. The van der Waals surface area contributed by atoms with Crippen molar-refractivity contribution >= 4 is 27.8 Å². The molecule has 4 aromatic rings. The molecule has 34 heavy (non-hydrogen) atoms. The van der Waals surface area contributed by atoms with Crippen LogP contribution in [0.25, 0.3) is 21.9 Å². The van der Waals surface area contributed by atoms with Crippen molar-refractivity contribution in [2.45, 2.75) is 45.2 Å². The number of amides is 1. The topological polar surface area (TPSA) is 89.9 Å². The van der Waals surface area contributed by atoms with E-state index in [0.29, 0.717) is 29.8 Å². The van der Waals surface area contributed by atoms with Gasteiger partial charge in [-0.3, -0.25) is 14.8 Å². The summed E-state index contributed by atoms with van der Waals surface area (Å²) in [7, 11) is 0. The Kier molecular flexibility index (Phi) is 5.99. The molecule has 5 rings (SSSR count). The second-order valence-electron chi connectivity index (χ2n) is 9.08. The lowest BCUT2D eigenvalue weighted by Crippen LogP contribution is -2.38. The summed E-state index contributed by atoms with van der Waals surface area (Å²) in [4.78, 5) is 27.7. The number of rotatable bonds is 4. The Labute approximate surface area is 199 Å². The zero-order valence-corrected chi connectivity index (χ0v) is 19.5. The molecule has 0 bridgehead atoms. The fourth-order valence-electron chi connectivity index (χ4n) is 4.78. The van der Waals surface area contributed by atoms with Crippen LogP contribution in [0, 0.1) is 11.8 Å². The largest absolute Gasteiger partial charge is 0.366 e. The number of pyridine rings is 2. The molecule has 7 heteroatoms. The summed E-state index contributed by atoms with van der Waals surface area (Å²) in [5.74, 6) is 5.87. The van der Waals surface area contributed by atoms with Gasteiger partial charge in [0.05, 0.1) is 41.2 Å². The maximum atomic E-state index is 11.6. The van der Waals surface area contributed by atoms with Gasteiger partial charge in [-0.2, -0.15) is 0 Å². The molecule has 1 fully saturated rings. The van der Waals surface area contributed by atoms with E-state index in [0.717, 1.165) is 53.4 Å². The quantitative estimate of drug-likeness (QED) is 0.477. The van der Waals surface area contributed by atoms with Crippen molar-refractivity contribution in [3.8, 4) is 11.8 Å². The summed E-state index contributed by atoms with van der Waals surface area (Å²) in [6, 6.07) is 10.5. The predicted octanol–water partition coefficient (Wildman–Crippen LogP) is 3.72. The minimum Gasteiger partial charge on any atom is -0.366 e. The average Bonchev–Trinajstić information content (AvgIpc) is 3.29. The van der Waals surface area contributed by atoms with Crippen molar-refractivity contribution in [3.63, 3.8) is 0 Å². The monoisotopic (exact) mass is 452 g/mol. The van der Waals surface area contributed by atoms with Gasteiger partial charge in [0.25, 0.3) is 5.91 Å². The van der Waals surface area contributed by atoms with Crippen molar-refractivity contribution in [1.29, 1.82) is 0 Å². The zero-order valence-electron chi connectivity index (χ0n) is 19.5. The molecule has 3 aromatic heterocycles. The molecule has 0 unspecified atom stereocenters. The number of nitrogens with zero attached hydrogens (tertiary/aromatic N) is 5. The number of likely N-dealkylation sites (tertiary alicyclic amines) is 1. The number of aromatic nitrogens is 4. The molecule has 2 N–H and O–H groups in total. The molecule has 0 aliphatic carbocycles. The van der Waals surface area contributed by atoms with Crippen LogP contribution in [0.4, 0.5) is 0 Å². The summed E-state index contributed by atoms with van der Waals surface area (Å²) in [5, 5.41) is 1.06. The third kappa shape index (κ3) is 4.25. The first kappa shape index (κ1) is 22.1. The maximum Gasteiger partial charge on any atom is 0.250 e. The van der Waals surface area contributed by atoms with Crippen molar-refractivity contribution in [2.75, 3.05) is 13.1 Å². The standard InChI is InChI=1S/C27H28N6O/c1-18(2)32-13-10-20(11-14-32)33-17-31-25-16-30-24-9-8-19(15-22(24)26(25)33)5-3-7-23-21(27(28)34)6-4-12-29-23/h4,6,8-9,12,15-18,20H,7,10-11,13-14H2,1-2H3,(H2,28,34). The van der Waals surface area contributed by atoms with Gasteiger partial charge >= 0.3 is 0 Å². The number of primary amides is 1. The molecule has 1 aliphatic rings. The Morgan fingerprint density at radius 2 is 1.97 bits per heavy atom. The predicted molar refractivity (Wildman–Crippen MR) is 133 cm³/mol. The highest BCUT2D eigenvalue weighted by Crippen LogP contribution is 2.31. The number of hydrogen-bond donors (Lipinski definition) is 1. The summed E-state index contributed by atoms with van der Waals surface area (Å²) in [6.45, 7) is 6.72. The van der Waals surface area contributed by atoms with E-state index in [1.54, 1.807) is 18.3 Å². The van der Waals surface area contributed by atoms with Gasteiger partial charge in [0.15, 0.2) is 0 Å². The van der Waals surface area contributed by atoms with Gasteiger partial charge in [-0.25, -0.2) is 4.98 Å². The summed E-state index contributed by atoms with van der Waals surface area (Å²) >= 11 is 0. The maximum absolute atomic E-state index is 11.6. The van der Waals surface area contributed by atoms with Gasteiger partial charge in [0, 0.05) is 42.3 Å². The second kappa shape index (κ2) is 9.24. The molecule has 172 valence electrons. The Bertz CT molecular complexity index is 1420. The highest BCUT2D eigenvalue weighted by atomic mass is 16.1. The van der Waals surface area contributed by atoms with Crippen LogP contribution in [-0.2, 0) is 6.42 Å². The third-order valence-electron chi connectivity index (χ3n) is 6.67. The third-order valence-corrected chi connectivity index (χ3v) is 6.67. The molecule has 0 spiro atoms. The van der Waals surface area contributed by atoms with Crippen molar-refractivity contribution < 1.29 is 4.79 Å². The number of hydrogen-bond acceptors (Lipinski definition) is 5. The minimum atomic E-state index is -0.489. The summed E-state index contributed by atoms with van der Waals surface area (Å²) < 4.78 is 2.33. The first-order valence-electron chi connectivity index (χ1n) is 11.7. The molecule has 1 amide bonds. The van der Waals surface area contributed by atoms with Crippen LogP contribution in [0.2, 0.25) is 0 Å². The first-order chi connectivity index (χ1) is 16.5. The lowest BCUT2D eigenvalue weighted by atomic mass is 10.0. The van der Waals surface area contributed by atoms with Crippen molar-refractivity contribution in [1.82, 2.24) is 24.4 Å². The fraction of sp³-hybridized carbons (Fsp3) is 0.333. The number of imidazole rings is 1. The normalized spacial score (nSPS) is 15.0. The SMILES string of the molecule is CC(C)N1CCC(n2cnc3cnc4ccc(C#CCc5ncccc5C(N)=O)cc4c32)CC1. The molecular formula is C27H28N6O. The number of carbonyl (C=O) groups is 1. The second-order valence-corrected chi connectivity index (χ2v) is 9.08. The average molecular weight is 453 g/mol. The highest BCUT2D eigenvalue weighted by molar-refractivity contribution is 6.02. The van der Waals surface area contributed by atoms with Crippen molar-refractivity contribution in [2.24, 2.45) is 5.73 Å². The number of fused-ring (bicyclic) bond motifs is 3. The Hall–Kier alpha value is -3.76. The van der Waals surface area contributed by atoms with E-state index in [1.165, 1.54) is 0 Å². The highest BCUT2D eigenvalue weighted by Gasteiger charge is 2.24.